The molecule has 0 fully saturated rings. The van der Waals surface area contributed by atoms with Gasteiger partial charge in [-0.25, -0.2) is 9.97 Å². The second-order valence-corrected chi connectivity index (χ2v) is 23.8. The molecule has 5 aromatic heterocycles. The minimum Gasteiger partial charge on any atom is -0.309 e. The van der Waals surface area contributed by atoms with Gasteiger partial charge in [0, 0.05) is 90.0 Å². The number of rotatable bonds is 12. The average Bonchev–Trinajstić information content (AvgIpc) is 0.903. The molecule has 8 heteroatoms. The zero-order chi connectivity index (χ0) is 62.1. The van der Waals surface area contributed by atoms with Crippen molar-refractivity contribution in [3.05, 3.63) is 340 Å². The van der Waals surface area contributed by atoms with E-state index in [9.17, 15) is 0 Å². The molecule has 0 saturated heterocycles. The Morgan fingerprint density at radius 2 is 0.596 bits per heavy atom. The summed E-state index contributed by atoms with van der Waals surface area (Å²) >= 11 is 0. The maximum atomic E-state index is 5.41. The molecule has 0 spiro atoms. The maximum absolute atomic E-state index is 5.41. The lowest BCUT2D eigenvalue weighted by Crippen LogP contribution is -2.11. The minimum atomic E-state index is 0.787. The van der Waals surface area contributed by atoms with Gasteiger partial charge in [-0.1, -0.05) is 182 Å². The number of nitrogens with zero attached hydrogens (tertiary/aromatic N) is 8. The Hall–Kier alpha value is -12.8. The maximum Gasteiger partial charge on any atom is 0.0973 e. The Labute approximate surface area is 542 Å². The lowest BCUT2D eigenvalue weighted by molar-refractivity contribution is 1.17. The van der Waals surface area contributed by atoms with Crippen LogP contribution in [0.1, 0.15) is 0 Å². The zero-order valence-corrected chi connectivity index (χ0v) is 50.9. The summed E-state index contributed by atoms with van der Waals surface area (Å²) in [6, 6.07) is 117. The SMILES string of the molecule is c1ccc(-c2ccc3c(c2)c2ccccc2n3-c2ccc(N(c3ccc(-c4nc5ccccc5nc4-c4ccc(N(c5ccc(-n6c7ccccc7c7cc(-c8ccccc8)ccc76)cc5)c5cccc6cccnc56)cc4)cc3)c3cccc4cccnc34)cc2)cc1. The van der Waals surface area contributed by atoms with E-state index in [4.69, 9.17) is 19.9 Å². The number of aromatic nitrogens is 6. The molecule has 13 aromatic carbocycles. The minimum absolute atomic E-state index is 0.787. The summed E-state index contributed by atoms with van der Waals surface area (Å²) in [6.45, 7) is 0. The summed E-state index contributed by atoms with van der Waals surface area (Å²) in [5, 5.41) is 6.99. The molecule has 0 radical (unpaired) electrons. The van der Waals surface area contributed by atoms with Gasteiger partial charge in [-0.2, -0.15) is 0 Å². The lowest BCUT2D eigenvalue weighted by Gasteiger charge is -2.27. The predicted molar refractivity (Wildman–Crippen MR) is 390 cm³/mol. The highest BCUT2D eigenvalue weighted by molar-refractivity contribution is 6.12. The smallest absolute Gasteiger partial charge is 0.0973 e. The van der Waals surface area contributed by atoms with Crippen LogP contribution in [0.3, 0.4) is 0 Å². The summed E-state index contributed by atoms with van der Waals surface area (Å²) in [6.07, 6.45) is 3.75. The number of hydrogen-bond acceptors (Lipinski definition) is 6. The van der Waals surface area contributed by atoms with Crippen LogP contribution in [0.4, 0.5) is 34.1 Å². The van der Waals surface area contributed by atoms with E-state index in [1.807, 2.05) is 48.8 Å². The quantitative estimate of drug-likeness (QED) is 0.121. The van der Waals surface area contributed by atoms with E-state index in [1.54, 1.807) is 0 Å². The number of benzene rings is 13. The molecule has 8 nitrogen and oxygen atoms in total. The second kappa shape index (κ2) is 22.6. The summed E-state index contributed by atoms with van der Waals surface area (Å²) in [5.41, 5.74) is 24.4. The van der Waals surface area contributed by atoms with Crippen molar-refractivity contribution in [2.45, 2.75) is 0 Å². The largest absolute Gasteiger partial charge is 0.309 e. The zero-order valence-electron chi connectivity index (χ0n) is 50.9. The Bertz CT molecular complexity index is 5530. The van der Waals surface area contributed by atoms with E-state index in [2.05, 4.69) is 310 Å². The number of para-hydroxylation sites is 6. The first-order valence-corrected chi connectivity index (χ1v) is 31.8. The summed E-state index contributed by atoms with van der Waals surface area (Å²) in [4.78, 5) is 25.4. The normalized spacial score (nSPS) is 11.6. The number of hydrogen-bond donors (Lipinski definition) is 0. The number of fused-ring (bicyclic) bond motifs is 9. The van der Waals surface area contributed by atoms with Crippen molar-refractivity contribution in [2.75, 3.05) is 9.80 Å². The Morgan fingerprint density at radius 3 is 1.02 bits per heavy atom. The molecular formula is C86H56N8. The van der Waals surface area contributed by atoms with Gasteiger partial charge in [0.2, 0.25) is 0 Å². The first kappa shape index (κ1) is 54.2. The molecule has 94 heavy (non-hydrogen) atoms. The van der Waals surface area contributed by atoms with Crippen LogP contribution >= 0.6 is 0 Å². The van der Waals surface area contributed by atoms with E-state index in [0.717, 1.165) is 123 Å². The van der Waals surface area contributed by atoms with E-state index in [-0.39, 0.29) is 0 Å². The van der Waals surface area contributed by atoms with Gasteiger partial charge >= 0.3 is 0 Å². The topological polar surface area (TPSA) is 67.9 Å². The van der Waals surface area contributed by atoms with Crippen LogP contribution in [0.5, 0.6) is 0 Å². The molecule has 5 heterocycles. The average molecular weight is 1200 g/mol. The molecule has 0 N–H and O–H groups in total. The highest BCUT2D eigenvalue weighted by Crippen LogP contribution is 2.45. The molecule has 0 aliphatic heterocycles. The van der Waals surface area contributed by atoms with Gasteiger partial charge < -0.3 is 18.9 Å². The predicted octanol–water partition coefficient (Wildman–Crippen LogP) is 22.5. The lowest BCUT2D eigenvalue weighted by atomic mass is 10.0. The van der Waals surface area contributed by atoms with Crippen molar-refractivity contribution in [3.63, 3.8) is 0 Å². The van der Waals surface area contributed by atoms with E-state index in [1.165, 1.54) is 43.8 Å². The molecule has 18 rings (SSSR count). The van der Waals surface area contributed by atoms with Crippen molar-refractivity contribution >= 4 is 111 Å². The molecule has 0 unspecified atom stereocenters. The third kappa shape index (κ3) is 9.31. The molecule has 440 valence electrons. The molecule has 18 aromatic rings. The fourth-order valence-corrected chi connectivity index (χ4v) is 14.0. The molecule has 0 saturated carbocycles. The van der Waals surface area contributed by atoms with Gasteiger partial charge in [0.25, 0.3) is 0 Å². The second-order valence-electron chi connectivity index (χ2n) is 23.8. The van der Waals surface area contributed by atoms with Crippen LogP contribution < -0.4 is 9.80 Å². The van der Waals surface area contributed by atoms with Crippen LogP contribution in [0.25, 0.3) is 133 Å². The number of anilines is 6. The Kier molecular flexibility index (Phi) is 13.0. The van der Waals surface area contributed by atoms with Crippen LogP contribution in [0, 0.1) is 0 Å². The highest BCUT2D eigenvalue weighted by Gasteiger charge is 2.23. The fraction of sp³-hybridized carbons (Fsp3) is 0. The molecule has 0 aliphatic rings. The van der Waals surface area contributed by atoms with E-state index in [0.29, 0.717) is 0 Å². The van der Waals surface area contributed by atoms with Crippen molar-refractivity contribution in [3.8, 4) is 56.1 Å². The molecule has 0 bridgehead atoms. The van der Waals surface area contributed by atoms with Crippen molar-refractivity contribution < 1.29 is 0 Å². The van der Waals surface area contributed by atoms with Gasteiger partial charge in [-0.05, 0) is 168 Å². The molecule has 0 atom stereocenters. The first-order chi connectivity index (χ1) is 46.6. The molecular weight excluding hydrogens is 1150 g/mol. The van der Waals surface area contributed by atoms with Crippen LogP contribution in [-0.4, -0.2) is 29.1 Å². The van der Waals surface area contributed by atoms with Gasteiger partial charge in [0.15, 0.2) is 0 Å². The highest BCUT2D eigenvalue weighted by atomic mass is 15.2. The Balaban J connectivity index is 0.713. The van der Waals surface area contributed by atoms with Gasteiger partial charge in [-0.15, -0.1) is 0 Å². The summed E-state index contributed by atoms with van der Waals surface area (Å²) in [7, 11) is 0. The van der Waals surface area contributed by atoms with Crippen molar-refractivity contribution in [2.24, 2.45) is 0 Å². The van der Waals surface area contributed by atoms with Gasteiger partial charge in [0.05, 0.1) is 66.9 Å². The fourth-order valence-electron chi connectivity index (χ4n) is 14.0. The summed E-state index contributed by atoms with van der Waals surface area (Å²) in [5.74, 6) is 0. The van der Waals surface area contributed by atoms with Crippen molar-refractivity contribution in [1.29, 1.82) is 0 Å². The first-order valence-electron chi connectivity index (χ1n) is 31.8. The van der Waals surface area contributed by atoms with Crippen LogP contribution in [0.15, 0.2) is 340 Å². The third-order valence-corrected chi connectivity index (χ3v) is 18.4. The van der Waals surface area contributed by atoms with E-state index < -0.39 is 0 Å². The Morgan fingerprint density at radius 1 is 0.245 bits per heavy atom. The van der Waals surface area contributed by atoms with Gasteiger partial charge in [0.1, 0.15) is 0 Å². The van der Waals surface area contributed by atoms with Gasteiger partial charge in [-0.3, -0.25) is 9.97 Å². The standard InChI is InChI=1S/C86H56N8/c1-3-17-57(18-4-1)63-37-51-79-73(55-63)71-25-7-11-29-77(71)93(79)69-47-43-67(44-48-69)91(81-31-13-21-59-23-15-53-87-83(59)81)65-39-33-61(34-40-65)85-86(90-76-28-10-9-27-75(76)89-85)62-35-41-66(42-36-62)92(82-32-14-22-60-24-16-54-88-84(60)82)68-45-49-70(50-46-68)94-78-30-12-8-26-72(78)74-56-64(38-52-80(74)94)58-19-5-2-6-20-58/h1-56H. The molecule has 0 aliphatic carbocycles. The van der Waals surface area contributed by atoms with E-state index >= 15 is 0 Å². The monoisotopic (exact) mass is 1200 g/mol. The third-order valence-electron chi connectivity index (χ3n) is 18.4. The van der Waals surface area contributed by atoms with Crippen molar-refractivity contribution in [1.82, 2.24) is 29.1 Å². The number of pyridine rings is 2. The van der Waals surface area contributed by atoms with Crippen LogP contribution in [-0.2, 0) is 0 Å². The molecule has 0 amide bonds. The summed E-state index contributed by atoms with van der Waals surface area (Å²) < 4.78 is 4.76. The van der Waals surface area contributed by atoms with Crippen LogP contribution in [0.2, 0.25) is 0 Å².